The molecule has 1 fully saturated rings. The van der Waals surface area contributed by atoms with Gasteiger partial charge in [-0.05, 0) is 19.3 Å². The van der Waals surface area contributed by atoms with Crippen LogP contribution >= 0.6 is 0 Å². The van der Waals surface area contributed by atoms with E-state index in [1.165, 1.54) is 43.4 Å². The summed E-state index contributed by atoms with van der Waals surface area (Å²) >= 11 is 0. The number of halogens is 1. The SMILES string of the molecule is [13CH3][N+]1(CCCON)CCCCC1.[Br-]. The summed E-state index contributed by atoms with van der Waals surface area (Å²) in [7, 11) is 2.34. The van der Waals surface area contributed by atoms with E-state index in [4.69, 9.17) is 5.90 Å². The number of nitrogens with zero attached hydrogens (tertiary/aromatic N) is 1. The minimum Gasteiger partial charge on any atom is -1.00 e. The maximum atomic E-state index is 4.98. The van der Waals surface area contributed by atoms with Gasteiger partial charge in [-0.25, -0.2) is 5.90 Å². The lowest BCUT2D eigenvalue weighted by Gasteiger charge is -2.37. The average Bonchev–Trinajstić information content (AvgIpc) is 2.06. The molecular weight excluding hydrogens is 233 g/mol. The highest BCUT2D eigenvalue weighted by Crippen LogP contribution is 2.16. The van der Waals surface area contributed by atoms with Crippen molar-refractivity contribution in [2.24, 2.45) is 5.90 Å². The lowest BCUT2D eigenvalue weighted by atomic mass is 10.1. The molecule has 0 bridgehead atoms. The summed E-state index contributed by atoms with van der Waals surface area (Å²) in [6, 6.07) is 0. The van der Waals surface area contributed by atoms with Gasteiger partial charge in [0.25, 0.3) is 0 Å². The summed E-state index contributed by atoms with van der Waals surface area (Å²) in [5.74, 6) is 4.98. The van der Waals surface area contributed by atoms with Crippen LogP contribution in [0.4, 0.5) is 0 Å². The number of rotatable bonds is 4. The molecule has 0 aliphatic carbocycles. The molecule has 13 heavy (non-hydrogen) atoms. The summed E-state index contributed by atoms with van der Waals surface area (Å²) in [6.45, 7) is 4.60. The number of likely N-dealkylation sites (tertiary alicyclic amines) is 1. The van der Waals surface area contributed by atoms with Crippen molar-refractivity contribution in [3.63, 3.8) is 0 Å². The fourth-order valence-electron chi connectivity index (χ4n) is 2.03. The third kappa shape index (κ3) is 4.96. The highest BCUT2D eigenvalue weighted by atomic mass is 79.9. The molecule has 0 spiro atoms. The van der Waals surface area contributed by atoms with E-state index in [1.54, 1.807) is 0 Å². The van der Waals surface area contributed by atoms with Gasteiger partial charge in [0.15, 0.2) is 0 Å². The lowest BCUT2D eigenvalue weighted by molar-refractivity contribution is -0.914. The Labute approximate surface area is 91.5 Å². The summed E-state index contributed by atoms with van der Waals surface area (Å²) in [5.41, 5.74) is 0. The van der Waals surface area contributed by atoms with Gasteiger partial charge in [0.2, 0.25) is 0 Å². The number of quaternary nitrogens is 1. The highest BCUT2D eigenvalue weighted by Gasteiger charge is 2.23. The van der Waals surface area contributed by atoms with E-state index >= 15 is 0 Å². The quantitative estimate of drug-likeness (QED) is 0.270. The molecule has 3 nitrogen and oxygen atoms in total. The van der Waals surface area contributed by atoms with Crippen LogP contribution in [0, 0.1) is 0 Å². The molecule has 1 aliphatic heterocycles. The van der Waals surface area contributed by atoms with Crippen LogP contribution in [0.15, 0.2) is 0 Å². The first kappa shape index (κ1) is 13.4. The number of nitrogens with two attached hydrogens (primary N) is 1. The van der Waals surface area contributed by atoms with E-state index in [1.807, 2.05) is 0 Å². The second-order valence-electron chi connectivity index (χ2n) is 4.08. The summed E-state index contributed by atoms with van der Waals surface area (Å²) < 4.78 is 1.23. The Morgan fingerprint density at radius 2 is 1.85 bits per heavy atom. The molecule has 1 saturated heterocycles. The first-order valence-electron chi connectivity index (χ1n) is 4.92. The summed E-state index contributed by atoms with van der Waals surface area (Å²) in [4.78, 5) is 4.57. The molecule has 0 saturated carbocycles. The highest BCUT2D eigenvalue weighted by molar-refractivity contribution is 4.51. The minimum absolute atomic E-state index is 0. The predicted octanol–water partition coefficient (Wildman–Crippen LogP) is -2.10. The van der Waals surface area contributed by atoms with Gasteiger partial charge in [0.1, 0.15) is 0 Å². The van der Waals surface area contributed by atoms with Crippen LogP contribution in [0.5, 0.6) is 0 Å². The maximum absolute atomic E-state index is 4.98. The van der Waals surface area contributed by atoms with E-state index in [0.717, 1.165) is 6.42 Å². The molecule has 0 aromatic heterocycles. The maximum Gasteiger partial charge on any atom is 0.0807 e. The van der Waals surface area contributed by atoms with Gasteiger partial charge in [-0.2, -0.15) is 0 Å². The van der Waals surface area contributed by atoms with Crippen molar-refractivity contribution in [2.75, 3.05) is 33.3 Å². The van der Waals surface area contributed by atoms with E-state index in [2.05, 4.69) is 11.9 Å². The molecule has 0 unspecified atom stereocenters. The zero-order chi connectivity index (χ0) is 8.86. The molecule has 0 aromatic carbocycles. The number of hydrogen-bond acceptors (Lipinski definition) is 2. The van der Waals surface area contributed by atoms with Crippen LogP contribution < -0.4 is 22.9 Å². The van der Waals surface area contributed by atoms with Crippen molar-refractivity contribution in [3.05, 3.63) is 0 Å². The van der Waals surface area contributed by atoms with Crippen molar-refractivity contribution in [3.8, 4) is 0 Å². The molecule has 2 N–H and O–H groups in total. The molecule has 0 amide bonds. The van der Waals surface area contributed by atoms with Gasteiger partial charge in [-0.3, -0.25) is 0 Å². The van der Waals surface area contributed by atoms with E-state index in [0.29, 0.717) is 6.61 Å². The van der Waals surface area contributed by atoms with Gasteiger partial charge in [0, 0.05) is 6.42 Å². The second kappa shape index (κ2) is 6.76. The molecule has 1 rings (SSSR count). The summed E-state index contributed by atoms with van der Waals surface area (Å²) in [5, 5.41) is 0. The fourth-order valence-corrected chi connectivity index (χ4v) is 2.03. The summed E-state index contributed by atoms with van der Waals surface area (Å²) in [6.07, 6.45) is 5.29. The van der Waals surface area contributed by atoms with Crippen LogP contribution in [0.25, 0.3) is 0 Å². The standard InChI is InChI=1S/C9H21N2O.BrH/c1-11(8-5-9-12-10)6-3-2-4-7-11;/h2-10H2,1H3;1H/q+1;/p-1/i1+1;. The van der Waals surface area contributed by atoms with Crippen LogP contribution in [-0.2, 0) is 4.84 Å². The third-order valence-electron chi connectivity index (χ3n) is 2.86. The van der Waals surface area contributed by atoms with Crippen LogP contribution in [0.2, 0.25) is 0 Å². The Kier molecular flexibility index (Phi) is 6.95. The second-order valence-corrected chi connectivity index (χ2v) is 4.08. The normalized spacial score (nSPS) is 20.8. The fraction of sp³-hybridized carbons (Fsp3) is 1.00. The van der Waals surface area contributed by atoms with Gasteiger partial charge < -0.3 is 26.3 Å². The Morgan fingerprint density at radius 3 is 2.38 bits per heavy atom. The Hall–Kier alpha value is 0.360. The lowest BCUT2D eigenvalue weighted by Crippen LogP contribution is -3.00. The third-order valence-corrected chi connectivity index (χ3v) is 2.86. The predicted molar refractivity (Wildman–Crippen MR) is 49.4 cm³/mol. The molecule has 4 heteroatoms. The zero-order valence-electron chi connectivity index (χ0n) is 8.47. The Bertz CT molecular complexity index is 127. The molecule has 1 heterocycles. The van der Waals surface area contributed by atoms with Crippen molar-refractivity contribution < 1.29 is 26.3 Å². The van der Waals surface area contributed by atoms with Crippen molar-refractivity contribution >= 4 is 0 Å². The van der Waals surface area contributed by atoms with Gasteiger partial charge in [-0.15, -0.1) is 0 Å². The minimum atomic E-state index is 0. The molecule has 0 atom stereocenters. The van der Waals surface area contributed by atoms with Crippen LogP contribution in [-0.4, -0.2) is 37.8 Å². The van der Waals surface area contributed by atoms with Crippen LogP contribution in [0.3, 0.4) is 0 Å². The zero-order valence-corrected chi connectivity index (χ0v) is 10.1. The molecule has 80 valence electrons. The average molecular weight is 254 g/mol. The Balaban J connectivity index is 0.00000144. The molecule has 0 radical (unpaired) electrons. The smallest absolute Gasteiger partial charge is 0.0807 e. The van der Waals surface area contributed by atoms with Gasteiger partial charge >= 0.3 is 0 Å². The van der Waals surface area contributed by atoms with Gasteiger partial charge in [-0.1, -0.05) is 0 Å². The van der Waals surface area contributed by atoms with Crippen LogP contribution in [0.1, 0.15) is 25.7 Å². The number of piperidine rings is 1. The molecule has 0 aromatic rings. The van der Waals surface area contributed by atoms with Crippen molar-refractivity contribution in [1.82, 2.24) is 0 Å². The monoisotopic (exact) mass is 253 g/mol. The van der Waals surface area contributed by atoms with E-state index in [9.17, 15) is 0 Å². The van der Waals surface area contributed by atoms with Gasteiger partial charge in [0.05, 0.1) is 33.3 Å². The largest absolute Gasteiger partial charge is 1.00 e. The van der Waals surface area contributed by atoms with Crippen molar-refractivity contribution in [1.29, 1.82) is 0 Å². The molecule has 1 aliphatic rings. The Morgan fingerprint density at radius 1 is 1.23 bits per heavy atom. The first-order valence-corrected chi connectivity index (χ1v) is 4.92. The molecular formula is C9H21BrN2O. The first-order chi connectivity index (χ1) is 5.77. The number of hydrogen-bond donors (Lipinski definition) is 1. The topological polar surface area (TPSA) is 35.2 Å². The van der Waals surface area contributed by atoms with Crippen molar-refractivity contribution in [2.45, 2.75) is 25.7 Å². The van der Waals surface area contributed by atoms with E-state index in [-0.39, 0.29) is 17.0 Å². The van der Waals surface area contributed by atoms with E-state index < -0.39 is 0 Å².